The van der Waals surface area contributed by atoms with Crippen molar-refractivity contribution in [3.63, 3.8) is 0 Å². The number of aliphatic imine (C=N–C) groups is 1. The van der Waals surface area contributed by atoms with Gasteiger partial charge in [-0.2, -0.15) is 8.62 Å². The Morgan fingerprint density at radius 2 is 1.81 bits per heavy atom. The van der Waals surface area contributed by atoms with E-state index < -0.39 is 66.8 Å². The van der Waals surface area contributed by atoms with E-state index in [2.05, 4.69) is 23.5 Å². The van der Waals surface area contributed by atoms with Crippen molar-refractivity contribution >= 4 is 35.7 Å². The zero-order chi connectivity index (χ0) is 23.2. The molecule has 0 aliphatic carbocycles. The minimum absolute atomic E-state index is 0.433. The molecule has 1 saturated heterocycles. The van der Waals surface area contributed by atoms with Crippen LogP contribution >= 0.6 is 23.5 Å². The van der Waals surface area contributed by atoms with Crippen LogP contribution in [0.3, 0.4) is 0 Å². The number of rotatable bonds is 8. The van der Waals surface area contributed by atoms with Gasteiger partial charge in [-0.25, -0.2) is 18.5 Å². The molecule has 0 aromatic carbocycles. The summed E-state index contributed by atoms with van der Waals surface area (Å²) >= 11 is 0. The summed E-state index contributed by atoms with van der Waals surface area (Å²) in [5, 5.41) is 22.9. The molecule has 3 aliphatic rings. The molecular formula is C11H18N3O14P3. The summed E-state index contributed by atoms with van der Waals surface area (Å²) in [6.45, 7) is -0.990. The van der Waals surface area contributed by atoms with Gasteiger partial charge in [0.15, 0.2) is 6.23 Å². The van der Waals surface area contributed by atoms with Gasteiger partial charge < -0.3 is 39.8 Å². The molecule has 0 aromatic heterocycles. The number of amides is 2. The molecule has 7 atom stereocenters. The number of phosphoric ester groups is 1. The second kappa shape index (κ2) is 8.72. The monoisotopic (exact) mass is 509 g/mol. The third-order valence-corrected chi connectivity index (χ3v) is 7.96. The molecule has 1 fully saturated rings. The molecule has 17 nitrogen and oxygen atoms in total. The van der Waals surface area contributed by atoms with E-state index in [1.165, 1.54) is 6.20 Å². The lowest BCUT2D eigenvalue weighted by molar-refractivity contribution is -0.0657. The van der Waals surface area contributed by atoms with Gasteiger partial charge in [0.1, 0.15) is 24.5 Å². The number of aliphatic hydroxyl groups is 2. The molecule has 3 rings (SSSR count). The predicted molar refractivity (Wildman–Crippen MR) is 95.8 cm³/mol. The predicted octanol–water partition coefficient (Wildman–Crippen LogP) is -1.51. The number of fused-ring (bicyclic) bond motifs is 1. The van der Waals surface area contributed by atoms with E-state index in [9.17, 15) is 33.6 Å². The number of nitrogens with zero attached hydrogens (tertiary/aromatic N) is 2. The average Bonchev–Trinajstić information content (AvgIpc) is 3.14. The molecule has 31 heavy (non-hydrogen) atoms. The van der Waals surface area contributed by atoms with E-state index in [0.717, 1.165) is 4.90 Å². The lowest BCUT2D eigenvalue weighted by Crippen LogP contribution is -2.53. The maximum Gasteiger partial charge on any atom is 0.490 e. The maximum absolute atomic E-state index is 12.2. The number of hydrogen-bond acceptors (Lipinski definition) is 11. The molecule has 0 aromatic rings. The maximum atomic E-state index is 12.2. The summed E-state index contributed by atoms with van der Waals surface area (Å²) in [7, 11) is -16.7. The largest absolute Gasteiger partial charge is 0.490 e. The van der Waals surface area contributed by atoms with Gasteiger partial charge in [0.2, 0.25) is 0 Å². The summed E-state index contributed by atoms with van der Waals surface area (Å²) in [5.41, 5.74) is 0.682. The van der Waals surface area contributed by atoms with E-state index in [1.807, 2.05) is 0 Å². The topological polar surface area (TPSA) is 254 Å². The summed E-state index contributed by atoms with van der Waals surface area (Å²) in [4.78, 5) is 52.7. The summed E-state index contributed by atoms with van der Waals surface area (Å²) in [6.07, 6.45) is -3.48. The number of carbonyl (C=O) groups is 1. The van der Waals surface area contributed by atoms with Gasteiger partial charge in [0.25, 0.3) is 0 Å². The molecule has 3 aliphatic heterocycles. The molecule has 7 N–H and O–H groups in total. The minimum Gasteiger partial charge on any atom is -0.387 e. The van der Waals surface area contributed by atoms with Crippen LogP contribution in [0.1, 0.15) is 6.42 Å². The van der Waals surface area contributed by atoms with Crippen LogP contribution in [0.4, 0.5) is 4.79 Å². The van der Waals surface area contributed by atoms with Crippen molar-refractivity contribution in [1.29, 1.82) is 0 Å². The number of aliphatic hydroxyl groups excluding tert-OH is 2. The van der Waals surface area contributed by atoms with Gasteiger partial charge in [0, 0.05) is 18.8 Å². The summed E-state index contributed by atoms with van der Waals surface area (Å²) < 4.78 is 50.5. The molecule has 0 saturated carbocycles. The molecule has 20 heteroatoms. The van der Waals surface area contributed by atoms with Gasteiger partial charge in [-0.1, -0.05) is 0 Å². The first-order valence-corrected chi connectivity index (χ1v) is 12.8. The summed E-state index contributed by atoms with van der Waals surface area (Å²) in [5.74, 6) is 0. The van der Waals surface area contributed by atoms with Crippen LogP contribution in [0.15, 0.2) is 16.8 Å². The fraction of sp³-hybridized carbons (Fsp3) is 0.636. The van der Waals surface area contributed by atoms with Crippen LogP contribution in [0.2, 0.25) is 0 Å². The van der Waals surface area contributed by atoms with Crippen molar-refractivity contribution in [2.24, 2.45) is 4.99 Å². The molecule has 0 radical (unpaired) electrons. The van der Waals surface area contributed by atoms with Crippen molar-refractivity contribution in [2.45, 2.75) is 37.1 Å². The van der Waals surface area contributed by atoms with E-state index in [-0.39, 0.29) is 0 Å². The number of nitrogens with one attached hydrogen (secondary N) is 1. The van der Waals surface area contributed by atoms with Crippen LogP contribution in [0, 0.1) is 0 Å². The second-order valence-electron chi connectivity index (χ2n) is 6.43. The van der Waals surface area contributed by atoms with Crippen LogP contribution in [0.5, 0.6) is 0 Å². The third kappa shape index (κ3) is 6.06. The average molecular weight is 509 g/mol. The second-order valence-corrected chi connectivity index (χ2v) is 10.9. The third-order valence-electron chi connectivity index (χ3n) is 4.16. The van der Waals surface area contributed by atoms with E-state index in [4.69, 9.17) is 19.4 Å². The van der Waals surface area contributed by atoms with Gasteiger partial charge in [-0.15, -0.1) is 0 Å². The summed E-state index contributed by atoms with van der Waals surface area (Å²) in [6, 6.07) is -0.697. The highest BCUT2D eigenvalue weighted by Crippen LogP contribution is 2.66. The van der Waals surface area contributed by atoms with Gasteiger partial charge >= 0.3 is 29.5 Å². The van der Waals surface area contributed by atoms with E-state index in [1.54, 1.807) is 6.21 Å². The molecule has 3 heterocycles. The molecule has 7 unspecified atom stereocenters. The number of urea groups is 1. The molecular weight excluding hydrogens is 491 g/mol. The SMILES string of the molecule is O=C1NC2N=CCC2=CN1C1OC(COP(=O)(O)OP(=O)(O)OP(=O)(O)O)C(O)C1O. The van der Waals surface area contributed by atoms with Crippen molar-refractivity contribution in [3.8, 4) is 0 Å². The van der Waals surface area contributed by atoms with E-state index in [0.29, 0.717) is 12.0 Å². The smallest absolute Gasteiger partial charge is 0.387 e. The van der Waals surface area contributed by atoms with Crippen LogP contribution in [0.25, 0.3) is 0 Å². The number of ether oxygens (including phenoxy) is 1. The molecule has 176 valence electrons. The Hall–Kier alpha value is -1.03. The van der Waals surface area contributed by atoms with Crippen molar-refractivity contribution in [2.75, 3.05) is 6.61 Å². The highest BCUT2D eigenvalue weighted by Gasteiger charge is 2.49. The Labute approximate surface area is 173 Å². The van der Waals surface area contributed by atoms with Crippen LogP contribution < -0.4 is 5.32 Å². The first kappa shape index (κ1) is 24.6. The fourth-order valence-electron chi connectivity index (χ4n) is 2.91. The van der Waals surface area contributed by atoms with Crippen LogP contribution in [-0.2, 0) is 31.6 Å². The van der Waals surface area contributed by atoms with Gasteiger partial charge in [-0.3, -0.25) is 14.4 Å². The minimum atomic E-state index is -5.71. The number of carbonyl (C=O) groups excluding carboxylic acids is 1. The Bertz CT molecular complexity index is 934. The molecule has 2 amide bonds. The Kier molecular flexibility index (Phi) is 6.93. The molecule has 0 spiro atoms. The van der Waals surface area contributed by atoms with Crippen molar-refractivity contribution < 1.29 is 66.2 Å². The lowest BCUT2D eigenvalue weighted by Gasteiger charge is -2.32. The highest BCUT2D eigenvalue weighted by molar-refractivity contribution is 7.66. The Balaban J connectivity index is 1.62. The quantitative estimate of drug-likeness (QED) is 0.184. The lowest BCUT2D eigenvalue weighted by atomic mass is 10.1. The van der Waals surface area contributed by atoms with Crippen molar-refractivity contribution in [1.82, 2.24) is 10.2 Å². The Morgan fingerprint density at radius 1 is 1.13 bits per heavy atom. The number of hydrogen-bond donors (Lipinski definition) is 7. The zero-order valence-electron chi connectivity index (χ0n) is 15.1. The zero-order valence-corrected chi connectivity index (χ0v) is 17.8. The first-order chi connectivity index (χ1) is 14.2. The van der Waals surface area contributed by atoms with Crippen molar-refractivity contribution in [3.05, 3.63) is 11.8 Å². The Morgan fingerprint density at radius 3 is 2.45 bits per heavy atom. The highest BCUT2D eigenvalue weighted by atomic mass is 31.3. The van der Waals surface area contributed by atoms with Gasteiger partial charge in [-0.05, 0) is 5.57 Å². The number of phosphoric acid groups is 3. The molecule has 0 bridgehead atoms. The standard InChI is InChI=1S/C11H18N3O14P3/c15-7-6(4-25-30(21,22)28-31(23,24)27-29(18,19)20)26-10(8(7)16)14-3-5-1-2-12-9(5)13-11(14)17/h2-3,6-10,15-16H,1,4H2,(H,13,17)(H,21,22)(H,23,24)(H2,18,19,20). The van der Waals surface area contributed by atoms with E-state index >= 15 is 0 Å². The fourth-order valence-corrected chi connectivity index (χ4v) is 5.94. The normalized spacial score (nSPS) is 34.6. The first-order valence-electron chi connectivity index (χ1n) is 8.28. The van der Waals surface area contributed by atoms with Crippen LogP contribution in [-0.4, -0.2) is 84.2 Å². The van der Waals surface area contributed by atoms with Gasteiger partial charge in [0.05, 0.1) is 6.61 Å².